The van der Waals surface area contributed by atoms with E-state index in [2.05, 4.69) is 23.8 Å². The van der Waals surface area contributed by atoms with Crippen molar-refractivity contribution in [2.45, 2.75) is 76.5 Å². The Morgan fingerprint density at radius 2 is 1.10 bits per heavy atom. The van der Waals surface area contributed by atoms with E-state index in [1.165, 1.54) is 21.6 Å². The number of methoxy groups -OCH3 is 2. The van der Waals surface area contributed by atoms with Gasteiger partial charge in [0.25, 0.3) is 0 Å². The van der Waals surface area contributed by atoms with E-state index in [9.17, 15) is 9.59 Å². The number of carbonyl (C=O) groups excluding carboxylic acids is 2. The van der Waals surface area contributed by atoms with Gasteiger partial charge in [-0.25, -0.2) is 9.97 Å². The molecular formula is C38H54N8O4S2. The molecule has 0 aliphatic rings. The number of amides is 2. The molecule has 0 aliphatic carbocycles. The maximum absolute atomic E-state index is 13.6. The lowest BCUT2D eigenvalue weighted by molar-refractivity contribution is -0.134. The first-order chi connectivity index (χ1) is 25.1. The topological polar surface area (TPSA) is 168 Å². The molecule has 2 aromatic heterocycles. The molecular weight excluding hydrogens is 697 g/mol. The summed E-state index contributed by atoms with van der Waals surface area (Å²) < 4.78 is 11.1. The van der Waals surface area contributed by atoms with Crippen molar-refractivity contribution in [3.63, 3.8) is 0 Å². The molecule has 282 valence electrons. The Hall–Kier alpha value is -3.98. The molecule has 2 amide bonds. The third kappa shape index (κ3) is 10.3. The molecule has 2 heterocycles. The molecule has 0 unspecified atom stereocenters. The summed E-state index contributed by atoms with van der Waals surface area (Å²) in [6.45, 7) is 4.24. The number of benzene rings is 2. The van der Waals surface area contributed by atoms with Crippen LogP contribution in [0.2, 0.25) is 0 Å². The summed E-state index contributed by atoms with van der Waals surface area (Å²) >= 11 is 0. The van der Waals surface area contributed by atoms with Crippen LogP contribution < -0.4 is 20.9 Å². The van der Waals surface area contributed by atoms with E-state index in [0.717, 1.165) is 72.5 Å². The number of nitrogens with one attached hydrogen (secondary N) is 2. The molecule has 0 saturated heterocycles. The number of hydrogen-bond acceptors (Lipinski definition) is 10. The van der Waals surface area contributed by atoms with Crippen LogP contribution in [0.5, 0.6) is 11.5 Å². The number of likely N-dealkylation sites (N-methyl/N-ethyl adjacent to an activating group) is 2. The Balaban J connectivity index is 1.33. The maximum Gasteiger partial charge on any atom is 0.240 e. The number of rotatable bonds is 21. The van der Waals surface area contributed by atoms with Gasteiger partial charge >= 0.3 is 0 Å². The number of para-hydroxylation sites is 2. The number of nitrogens with two attached hydrogens (primary N) is 2. The first-order valence-corrected chi connectivity index (χ1v) is 20.3. The smallest absolute Gasteiger partial charge is 0.240 e. The van der Waals surface area contributed by atoms with Gasteiger partial charge in [0.1, 0.15) is 23.1 Å². The van der Waals surface area contributed by atoms with Crippen LogP contribution >= 0.6 is 21.6 Å². The number of nitrogens with zero attached hydrogens (tertiary/aromatic N) is 4. The summed E-state index contributed by atoms with van der Waals surface area (Å²) in [5, 5.41) is 0. The SMILES string of the molecule is CCCC[C@@H](c1nc(-c2ccccc2OC)c[nH]1)N(C)C(=O)[C@@H](N)CSSC[C@H](N)C(=O)N(C)[C@@H](CCCC)c1nc(-c2ccccc2OC)c[nH]1. The van der Waals surface area contributed by atoms with Gasteiger partial charge in [0.2, 0.25) is 11.8 Å². The van der Waals surface area contributed by atoms with Gasteiger partial charge in [0.05, 0.1) is 49.8 Å². The van der Waals surface area contributed by atoms with Gasteiger partial charge in [-0.15, -0.1) is 0 Å². The molecule has 4 aromatic rings. The monoisotopic (exact) mass is 750 g/mol. The Morgan fingerprint density at radius 3 is 1.46 bits per heavy atom. The number of ether oxygens (including phenoxy) is 2. The normalized spacial score (nSPS) is 13.6. The second-order valence-electron chi connectivity index (χ2n) is 12.7. The minimum Gasteiger partial charge on any atom is -0.496 e. The fraction of sp³-hybridized carbons (Fsp3) is 0.474. The van der Waals surface area contributed by atoms with Crippen LogP contribution in [0.25, 0.3) is 22.5 Å². The standard InChI is InChI=1S/C38H54N8O4S2/c1-7-9-17-31(35-41-21-29(43-35)25-15-11-13-19-33(25)49-5)45(3)37(47)27(39)23-51-52-24-28(40)38(48)46(4)32(18-10-8-2)36-42-22-30(44-36)26-16-12-14-20-34(26)50-6/h11-16,19-22,27-28,31-32H,7-10,17-18,23-24,39-40H2,1-6H3,(H,41,43)(H,42,44)/t27-,28-,31-,32-/m0/s1. The van der Waals surface area contributed by atoms with E-state index in [1.54, 1.807) is 38.1 Å². The van der Waals surface area contributed by atoms with Crippen molar-refractivity contribution < 1.29 is 19.1 Å². The fourth-order valence-corrected chi connectivity index (χ4v) is 8.27. The Morgan fingerprint density at radius 1 is 0.712 bits per heavy atom. The summed E-state index contributed by atoms with van der Waals surface area (Å²) in [5.41, 5.74) is 16.1. The van der Waals surface area contributed by atoms with Crippen molar-refractivity contribution in [3.05, 3.63) is 72.6 Å². The van der Waals surface area contributed by atoms with Gasteiger partial charge in [-0.2, -0.15) is 0 Å². The van der Waals surface area contributed by atoms with Crippen LogP contribution in [0, 0.1) is 0 Å². The van der Waals surface area contributed by atoms with Gasteiger partial charge in [-0.3, -0.25) is 9.59 Å². The van der Waals surface area contributed by atoms with E-state index in [-0.39, 0.29) is 23.9 Å². The van der Waals surface area contributed by atoms with Crippen LogP contribution in [0.4, 0.5) is 0 Å². The molecule has 6 N–H and O–H groups in total. The second kappa shape index (κ2) is 20.3. The summed E-state index contributed by atoms with van der Waals surface area (Å²) in [6, 6.07) is 13.4. The quantitative estimate of drug-likeness (QED) is 0.0538. The van der Waals surface area contributed by atoms with Gasteiger partial charge in [-0.05, 0) is 37.1 Å². The van der Waals surface area contributed by atoms with Crippen LogP contribution in [-0.2, 0) is 9.59 Å². The van der Waals surface area contributed by atoms with Crippen molar-refractivity contribution in [1.82, 2.24) is 29.7 Å². The van der Waals surface area contributed by atoms with Gasteiger partial charge in [0.15, 0.2) is 0 Å². The van der Waals surface area contributed by atoms with Crippen molar-refractivity contribution in [2.24, 2.45) is 11.5 Å². The second-order valence-corrected chi connectivity index (χ2v) is 15.3. The zero-order chi connectivity index (χ0) is 37.6. The molecule has 12 nitrogen and oxygen atoms in total. The highest BCUT2D eigenvalue weighted by Crippen LogP contribution is 2.33. The highest BCUT2D eigenvalue weighted by Gasteiger charge is 2.30. The molecule has 0 spiro atoms. The van der Waals surface area contributed by atoms with E-state index in [4.69, 9.17) is 30.9 Å². The van der Waals surface area contributed by atoms with E-state index in [0.29, 0.717) is 23.2 Å². The average Bonchev–Trinajstić information content (AvgIpc) is 3.87. The predicted octanol–water partition coefficient (Wildman–Crippen LogP) is 6.60. The maximum atomic E-state index is 13.6. The lowest BCUT2D eigenvalue weighted by Crippen LogP contribution is -2.45. The van der Waals surface area contributed by atoms with Crippen molar-refractivity contribution in [3.8, 4) is 34.0 Å². The summed E-state index contributed by atoms with van der Waals surface area (Å²) in [7, 11) is 9.72. The highest BCUT2D eigenvalue weighted by atomic mass is 33.1. The van der Waals surface area contributed by atoms with Gasteiger partial charge in [-0.1, -0.05) is 85.4 Å². The average molecular weight is 751 g/mol. The molecule has 0 bridgehead atoms. The predicted molar refractivity (Wildman–Crippen MR) is 212 cm³/mol. The Bertz CT molecular complexity index is 1590. The molecule has 2 aromatic carbocycles. The molecule has 4 rings (SSSR count). The Labute approximate surface area is 315 Å². The molecule has 0 radical (unpaired) electrons. The number of carbonyl (C=O) groups is 2. The first-order valence-electron chi connectivity index (χ1n) is 17.8. The zero-order valence-corrected chi connectivity index (χ0v) is 32.8. The van der Waals surface area contributed by atoms with Gasteiger partial charge in [0, 0.05) is 49.1 Å². The molecule has 0 fully saturated rings. The number of aromatic nitrogens is 4. The van der Waals surface area contributed by atoms with Crippen LogP contribution in [0.15, 0.2) is 60.9 Å². The molecule has 4 atom stereocenters. The first kappa shape index (κ1) is 40.8. The summed E-state index contributed by atoms with van der Waals surface area (Å²) in [5.74, 6) is 3.26. The van der Waals surface area contributed by atoms with Crippen molar-refractivity contribution in [1.29, 1.82) is 0 Å². The highest BCUT2D eigenvalue weighted by molar-refractivity contribution is 8.76. The fourth-order valence-electron chi connectivity index (χ4n) is 6.04. The van der Waals surface area contributed by atoms with Gasteiger partial charge < -0.3 is 40.7 Å². The van der Waals surface area contributed by atoms with Crippen LogP contribution in [0.3, 0.4) is 0 Å². The summed E-state index contributed by atoms with van der Waals surface area (Å²) in [4.78, 5) is 46.8. The minimum absolute atomic E-state index is 0.172. The number of H-pyrrole nitrogens is 2. The minimum atomic E-state index is -0.736. The van der Waals surface area contributed by atoms with E-state index >= 15 is 0 Å². The summed E-state index contributed by atoms with van der Waals surface area (Å²) in [6.07, 6.45) is 9.00. The Kier molecular flexibility index (Phi) is 15.9. The van der Waals surface area contributed by atoms with Crippen LogP contribution in [0.1, 0.15) is 76.1 Å². The van der Waals surface area contributed by atoms with E-state index < -0.39 is 12.1 Å². The lowest BCUT2D eigenvalue weighted by Gasteiger charge is -2.29. The lowest BCUT2D eigenvalue weighted by atomic mass is 10.1. The van der Waals surface area contributed by atoms with Crippen LogP contribution in [-0.4, -0.2) is 93.5 Å². The van der Waals surface area contributed by atoms with Crippen molar-refractivity contribution in [2.75, 3.05) is 39.8 Å². The van der Waals surface area contributed by atoms with Crippen molar-refractivity contribution >= 4 is 33.4 Å². The number of imidazole rings is 2. The third-order valence-corrected chi connectivity index (χ3v) is 11.6. The number of unbranched alkanes of at least 4 members (excludes halogenated alkanes) is 2. The third-order valence-electron chi connectivity index (χ3n) is 9.10. The number of hydrogen-bond donors (Lipinski definition) is 4. The molecule has 0 aliphatic heterocycles. The molecule has 14 heteroatoms. The zero-order valence-electron chi connectivity index (χ0n) is 31.1. The number of aromatic amines is 2. The van der Waals surface area contributed by atoms with E-state index in [1.807, 2.05) is 60.9 Å². The largest absolute Gasteiger partial charge is 0.496 e. The molecule has 0 saturated carbocycles. The molecule has 52 heavy (non-hydrogen) atoms.